The summed E-state index contributed by atoms with van der Waals surface area (Å²) in [5, 5.41) is 10.2. The van der Waals surface area contributed by atoms with Gasteiger partial charge in [0.25, 0.3) is 0 Å². The zero-order valence-corrected chi connectivity index (χ0v) is 11.5. The predicted octanol–water partition coefficient (Wildman–Crippen LogP) is 4.51. The Balaban J connectivity index is 1.65. The highest BCUT2D eigenvalue weighted by atomic mass is 16.3. The normalized spacial score (nSPS) is 23.9. The molecule has 1 fully saturated rings. The van der Waals surface area contributed by atoms with E-state index >= 15 is 0 Å². The number of hydrogen-bond acceptors (Lipinski definition) is 1. The Bertz CT molecular complexity index is 333. The van der Waals surface area contributed by atoms with E-state index in [4.69, 9.17) is 0 Å². The SMILES string of the molecule is CCCCCCCC(O)C1CC1c1ccccc1. The predicted molar refractivity (Wildman–Crippen MR) is 76.7 cm³/mol. The molecule has 100 valence electrons. The van der Waals surface area contributed by atoms with Crippen LogP contribution in [0.2, 0.25) is 0 Å². The zero-order valence-electron chi connectivity index (χ0n) is 11.5. The van der Waals surface area contributed by atoms with E-state index in [1.54, 1.807) is 0 Å². The lowest BCUT2D eigenvalue weighted by Gasteiger charge is -2.10. The average Bonchev–Trinajstić information content (AvgIpc) is 3.20. The van der Waals surface area contributed by atoms with Gasteiger partial charge in [-0.1, -0.05) is 69.4 Å². The lowest BCUT2D eigenvalue weighted by atomic mass is 10.0. The second-order valence-electron chi connectivity index (χ2n) is 5.69. The van der Waals surface area contributed by atoms with E-state index in [0.29, 0.717) is 11.8 Å². The molecule has 1 aliphatic carbocycles. The molecule has 0 spiro atoms. The van der Waals surface area contributed by atoms with E-state index in [0.717, 1.165) is 6.42 Å². The summed E-state index contributed by atoms with van der Waals surface area (Å²) in [7, 11) is 0. The first kappa shape index (κ1) is 13.6. The van der Waals surface area contributed by atoms with E-state index in [2.05, 4.69) is 37.3 Å². The van der Waals surface area contributed by atoms with Gasteiger partial charge < -0.3 is 5.11 Å². The molecule has 0 radical (unpaired) electrons. The van der Waals surface area contributed by atoms with E-state index < -0.39 is 0 Å². The fourth-order valence-electron chi connectivity index (χ4n) is 2.89. The number of rotatable bonds is 8. The number of aliphatic hydroxyl groups is 1. The van der Waals surface area contributed by atoms with Gasteiger partial charge in [0, 0.05) is 0 Å². The van der Waals surface area contributed by atoms with Gasteiger partial charge >= 0.3 is 0 Å². The Morgan fingerprint density at radius 2 is 1.83 bits per heavy atom. The van der Waals surface area contributed by atoms with Gasteiger partial charge in [0.1, 0.15) is 0 Å². The number of aliphatic hydroxyl groups excluding tert-OH is 1. The molecule has 1 N–H and O–H groups in total. The van der Waals surface area contributed by atoms with Crippen molar-refractivity contribution in [3.63, 3.8) is 0 Å². The maximum Gasteiger partial charge on any atom is 0.0574 e. The van der Waals surface area contributed by atoms with Crippen molar-refractivity contribution in [2.45, 2.75) is 63.9 Å². The highest BCUT2D eigenvalue weighted by molar-refractivity contribution is 5.26. The molecule has 1 nitrogen and oxygen atoms in total. The molecule has 0 aromatic heterocycles. The Morgan fingerprint density at radius 1 is 1.11 bits per heavy atom. The van der Waals surface area contributed by atoms with Crippen molar-refractivity contribution in [2.24, 2.45) is 5.92 Å². The smallest absolute Gasteiger partial charge is 0.0574 e. The molecule has 18 heavy (non-hydrogen) atoms. The molecule has 1 aromatic rings. The van der Waals surface area contributed by atoms with E-state index in [1.165, 1.54) is 44.1 Å². The summed E-state index contributed by atoms with van der Waals surface area (Å²) in [6.07, 6.45) is 8.55. The molecule has 3 atom stereocenters. The van der Waals surface area contributed by atoms with Gasteiger partial charge in [-0.2, -0.15) is 0 Å². The summed E-state index contributed by atoms with van der Waals surface area (Å²) in [5.74, 6) is 1.15. The van der Waals surface area contributed by atoms with Crippen LogP contribution >= 0.6 is 0 Å². The lowest BCUT2D eigenvalue weighted by molar-refractivity contribution is 0.135. The summed E-state index contributed by atoms with van der Waals surface area (Å²) < 4.78 is 0. The topological polar surface area (TPSA) is 20.2 Å². The Labute approximate surface area is 111 Å². The molecule has 1 heteroatoms. The van der Waals surface area contributed by atoms with Gasteiger partial charge in [0.2, 0.25) is 0 Å². The van der Waals surface area contributed by atoms with Gasteiger partial charge in [0.15, 0.2) is 0 Å². The third kappa shape index (κ3) is 3.84. The quantitative estimate of drug-likeness (QED) is 0.669. The van der Waals surface area contributed by atoms with Crippen molar-refractivity contribution >= 4 is 0 Å². The molecule has 0 saturated heterocycles. The molecule has 1 aromatic carbocycles. The first-order valence-electron chi connectivity index (χ1n) is 7.56. The molecular formula is C17H26O. The fraction of sp³-hybridized carbons (Fsp3) is 0.647. The molecule has 2 rings (SSSR count). The van der Waals surface area contributed by atoms with Gasteiger partial charge in [0.05, 0.1) is 6.10 Å². The van der Waals surface area contributed by atoms with Gasteiger partial charge in [-0.25, -0.2) is 0 Å². The first-order valence-corrected chi connectivity index (χ1v) is 7.56. The van der Waals surface area contributed by atoms with Crippen LogP contribution in [-0.4, -0.2) is 11.2 Å². The lowest BCUT2D eigenvalue weighted by Crippen LogP contribution is -2.10. The molecule has 0 bridgehead atoms. The zero-order chi connectivity index (χ0) is 12.8. The molecular weight excluding hydrogens is 220 g/mol. The molecule has 1 saturated carbocycles. The molecule has 1 aliphatic rings. The van der Waals surface area contributed by atoms with E-state index in [-0.39, 0.29) is 6.10 Å². The van der Waals surface area contributed by atoms with Crippen LogP contribution in [0.4, 0.5) is 0 Å². The fourth-order valence-corrected chi connectivity index (χ4v) is 2.89. The van der Waals surface area contributed by atoms with Crippen molar-refractivity contribution in [2.75, 3.05) is 0 Å². The second-order valence-corrected chi connectivity index (χ2v) is 5.69. The Kier molecular flexibility index (Phi) is 5.25. The average molecular weight is 246 g/mol. The first-order chi connectivity index (χ1) is 8.83. The summed E-state index contributed by atoms with van der Waals surface area (Å²) in [6, 6.07) is 10.6. The summed E-state index contributed by atoms with van der Waals surface area (Å²) in [6.45, 7) is 2.24. The summed E-state index contributed by atoms with van der Waals surface area (Å²) in [4.78, 5) is 0. The highest BCUT2D eigenvalue weighted by Gasteiger charge is 2.42. The minimum Gasteiger partial charge on any atom is -0.393 e. The minimum atomic E-state index is -0.0724. The third-order valence-electron chi connectivity index (χ3n) is 4.17. The van der Waals surface area contributed by atoms with Crippen molar-refractivity contribution < 1.29 is 5.11 Å². The van der Waals surface area contributed by atoms with Crippen molar-refractivity contribution in [3.8, 4) is 0 Å². The number of benzene rings is 1. The molecule has 3 unspecified atom stereocenters. The van der Waals surface area contributed by atoms with E-state index in [9.17, 15) is 5.11 Å². The van der Waals surface area contributed by atoms with Crippen molar-refractivity contribution in [3.05, 3.63) is 35.9 Å². The standard InChI is InChI=1S/C17H26O/c1-2-3-4-5-9-12-17(18)16-13-15(16)14-10-7-6-8-11-14/h6-8,10-11,15-18H,2-5,9,12-13H2,1H3. The molecule has 0 aliphatic heterocycles. The van der Waals surface area contributed by atoms with Crippen LogP contribution in [0.25, 0.3) is 0 Å². The summed E-state index contributed by atoms with van der Waals surface area (Å²) >= 11 is 0. The van der Waals surface area contributed by atoms with Crippen LogP contribution < -0.4 is 0 Å². The van der Waals surface area contributed by atoms with Gasteiger partial charge in [-0.05, 0) is 30.2 Å². The maximum absolute atomic E-state index is 10.2. The second kappa shape index (κ2) is 6.94. The van der Waals surface area contributed by atoms with Crippen LogP contribution in [0.3, 0.4) is 0 Å². The number of hydrogen-bond donors (Lipinski definition) is 1. The van der Waals surface area contributed by atoms with E-state index in [1.807, 2.05) is 0 Å². The summed E-state index contributed by atoms with van der Waals surface area (Å²) in [5.41, 5.74) is 1.41. The van der Waals surface area contributed by atoms with Crippen LogP contribution in [-0.2, 0) is 0 Å². The highest BCUT2D eigenvalue weighted by Crippen LogP contribution is 2.50. The third-order valence-corrected chi connectivity index (χ3v) is 4.17. The maximum atomic E-state index is 10.2. The Hall–Kier alpha value is -0.820. The van der Waals surface area contributed by atoms with Gasteiger partial charge in [-0.15, -0.1) is 0 Å². The number of unbranched alkanes of at least 4 members (excludes halogenated alkanes) is 4. The van der Waals surface area contributed by atoms with Crippen LogP contribution in [0.5, 0.6) is 0 Å². The molecule has 0 heterocycles. The van der Waals surface area contributed by atoms with Crippen LogP contribution in [0, 0.1) is 5.92 Å². The monoisotopic (exact) mass is 246 g/mol. The Morgan fingerprint density at radius 3 is 2.56 bits per heavy atom. The van der Waals surface area contributed by atoms with Crippen LogP contribution in [0.1, 0.15) is 63.4 Å². The molecule has 0 amide bonds. The van der Waals surface area contributed by atoms with Gasteiger partial charge in [-0.3, -0.25) is 0 Å². The largest absolute Gasteiger partial charge is 0.393 e. The van der Waals surface area contributed by atoms with Crippen LogP contribution in [0.15, 0.2) is 30.3 Å². The van der Waals surface area contributed by atoms with Crippen molar-refractivity contribution in [1.82, 2.24) is 0 Å². The minimum absolute atomic E-state index is 0.0724. The van der Waals surface area contributed by atoms with Crippen molar-refractivity contribution in [1.29, 1.82) is 0 Å².